The van der Waals surface area contributed by atoms with Crippen LogP contribution < -0.4 is 0 Å². The van der Waals surface area contributed by atoms with Crippen LogP contribution in [0.25, 0.3) is 0 Å². The molecule has 0 heterocycles. The lowest BCUT2D eigenvalue weighted by Crippen LogP contribution is -2.35. The molecule has 0 aromatic heterocycles. The quantitative estimate of drug-likeness (QED) is 0.765. The minimum absolute atomic E-state index is 0.427. The van der Waals surface area contributed by atoms with Crippen LogP contribution in [-0.2, 0) is 11.2 Å². The molecule has 0 radical (unpaired) electrons. The van der Waals surface area contributed by atoms with Gasteiger partial charge in [-0.15, -0.1) is 0 Å². The van der Waals surface area contributed by atoms with Crippen molar-refractivity contribution in [3.63, 3.8) is 0 Å². The third-order valence-electron chi connectivity index (χ3n) is 4.90. The highest BCUT2D eigenvalue weighted by atomic mass is 16.4. The number of benzene rings is 1. The summed E-state index contributed by atoms with van der Waals surface area (Å²) in [5, 5.41) is 9.59. The lowest BCUT2D eigenvalue weighted by atomic mass is 9.68. The molecule has 1 aliphatic rings. The summed E-state index contributed by atoms with van der Waals surface area (Å²) in [6.45, 7) is 2.24. The summed E-state index contributed by atoms with van der Waals surface area (Å²) in [5.41, 5.74) is 0.928. The van der Waals surface area contributed by atoms with E-state index in [1.54, 1.807) is 0 Å². The van der Waals surface area contributed by atoms with Crippen LogP contribution >= 0.6 is 0 Å². The molecule has 110 valence electrons. The second kappa shape index (κ2) is 6.92. The third-order valence-corrected chi connectivity index (χ3v) is 4.90. The molecule has 0 bridgehead atoms. The van der Waals surface area contributed by atoms with Crippen molar-refractivity contribution in [3.05, 3.63) is 35.9 Å². The van der Waals surface area contributed by atoms with Gasteiger partial charge in [0, 0.05) is 0 Å². The first-order chi connectivity index (χ1) is 9.62. The van der Waals surface area contributed by atoms with E-state index in [2.05, 4.69) is 31.2 Å². The first-order valence-electron chi connectivity index (χ1n) is 7.90. The second-order valence-corrected chi connectivity index (χ2v) is 6.46. The van der Waals surface area contributed by atoms with Crippen LogP contribution in [0.4, 0.5) is 0 Å². The minimum Gasteiger partial charge on any atom is -0.481 e. The normalized spacial score (nSPS) is 26.4. The number of carboxylic acids is 1. The Hall–Kier alpha value is -1.31. The molecule has 1 aromatic rings. The van der Waals surface area contributed by atoms with Gasteiger partial charge in [-0.25, -0.2) is 0 Å². The number of carboxylic acid groups (broad SMARTS) is 1. The molecule has 1 saturated carbocycles. The van der Waals surface area contributed by atoms with E-state index in [4.69, 9.17) is 0 Å². The van der Waals surface area contributed by atoms with Crippen LogP contribution in [0, 0.1) is 11.3 Å². The Morgan fingerprint density at radius 3 is 2.45 bits per heavy atom. The monoisotopic (exact) mass is 274 g/mol. The Bertz CT molecular complexity index is 416. The van der Waals surface area contributed by atoms with E-state index in [9.17, 15) is 9.90 Å². The molecule has 0 amide bonds. The van der Waals surface area contributed by atoms with Crippen molar-refractivity contribution in [1.82, 2.24) is 0 Å². The van der Waals surface area contributed by atoms with E-state index >= 15 is 0 Å². The predicted octanol–water partition coefficient (Wildman–Crippen LogP) is 4.68. The maximum Gasteiger partial charge on any atom is 0.309 e. The van der Waals surface area contributed by atoms with Gasteiger partial charge in [0.15, 0.2) is 0 Å². The van der Waals surface area contributed by atoms with E-state index in [-0.39, 0.29) is 0 Å². The first-order valence-corrected chi connectivity index (χ1v) is 7.90. The Morgan fingerprint density at radius 2 is 1.85 bits per heavy atom. The maximum absolute atomic E-state index is 11.6. The van der Waals surface area contributed by atoms with E-state index < -0.39 is 11.4 Å². The van der Waals surface area contributed by atoms with Crippen LogP contribution in [0.1, 0.15) is 57.4 Å². The fourth-order valence-corrected chi connectivity index (χ4v) is 3.32. The van der Waals surface area contributed by atoms with E-state index in [1.807, 2.05) is 6.07 Å². The molecule has 0 spiro atoms. The number of aryl methyl sites for hydroxylation is 1. The average molecular weight is 274 g/mol. The molecule has 0 unspecified atom stereocenters. The van der Waals surface area contributed by atoms with Gasteiger partial charge in [-0.3, -0.25) is 4.79 Å². The molecule has 0 atom stereocenters. The second-order valence-electron chi connectivity index (χ2n) is 6.46. The van der Waals surface area contributed by atoms with Gasteiger partial charge in [0.2, 0.25) is 0 Å². The lowest BCUT2D eigenvalue weighted by Gasteiger charge is -2.35. The summed E-state index contributed by atoms with van der Waals surface area (Å²) in [7, 11) is 0. The van der Waals surface area contributed by atoms with Crippen LogP contribution in [0.5, 0.6) is 0 Å². The van der Waals surface area contributed by atoms with Crippen LogP contribution in [0.2, 0.25) is 0 Å². The summed E-state index contributed by atoms with van der Waals surface area (Å²) in [6.07, 6.45) is 7.92. The van der Waals surface area contributed by atoms with Crippen molar-refractivity contribution in [2.24, 2.45) is 11.3 Å². The average Bonchev–Trinajstić information content (AvgIpc) is 2.47. The predicted molar refractivity (Wildman–Crippen MR) is 81.7 cm³/mol. The molecular formula is C18H26O2. The third kappa shape index (κ3) is 3.84. The molecule has 1 aliphatic carbocycles. The number of carbonyl (C=O) groups is 1. The van der Waals surface area contributed by atoms with E-state index in [0.717, 1.165) is 51.4 Å². The Balaban J connectivity index is 1.80. The van der Waals surface area contributed by atoms with Gasteiger partial charge in [-0.2, -0.15) is 0 Å². The van der Waals surface area contributed by atoms with Gasteiger partial charge in [0.1, 0.15) is 0 Å². The molecule has 2 heteroatoms. The minimum atomic E-state index is -0.566. The molecule has 2 rings (SSSR count). The largest absolute Gasteiger partial charge is 0.481 e. The van der Waals surface area contributed by atoms with Crippen molar-refractivity contribution in [1.29, 1.82) is 0 Å². The van der Waals surface area contributed by atoms with Crippen molar-refractivity contribution in [2.45, 2.75) is 58.3 Å². The summed E-state index contributed by atoms with van der Waals surface area (Å²) < 4.78 is 0. The van der Waals surface area contributed by atoms with Crippen molar-refractivity contribution in [2.75, 3.05) is 0 Å². The van der Waals surface area contributed by atoms with Gasteiger partial charge < -0.3 is 5.11 Å². The van der Waals surface area contributed by atoms with Gasteiger partial charge in [0.25, 0.3) is 0 Å². The van der Waals surface area contributed by atoms with Crippen molar-refractivity contribution in [3.8, 4) is 0 Å². The first kappa shape index (κ1) is 15.1. The molecular weight excluding hydrogens is 248 g/mol. The summed E-state index contributed by atoms with van der Waals surface area (Å²) >= 11 is 0. The van der Waals surface area contributed by atoms with Gasteiger partial charge in [0.05, 0.1) is 5.41 Å². The number of hydrogen-bond acceptors (Lipinski definition) is 1. The molecule has 20 heavy (non-hydrogen) atoms. The summed E-state index contributed by atoms with van der Waals surface area (Å²) in [5.74, 6) is 0.135. The highest BCUT2D eigenvalue weighted by molar-refractivity contribution is 5.74. The molecule has 0 aliphatic heterocycles. The standard InChI is InChI=1S/C18H26O2/c1-15-10-13-18(14-11-15,17(19)20)12-6-5-9-16-7-3-2-4-8-16/h2-4,7-8,15H,5-6,9-14H2,1H3,(H,19,20). The van der Waals surface area contributed by atoms with Crippen LogP contribution in [0.15, 0.2) is 30.3 Å². The summed E-state index contributed by atoms with van der Waals surface area (Å²) in [4.78, 5) is 11.6. The maximum atomic E-state index is 11.6. The van der Waals surface area contributed by atoms with E-state index in [1.165, 1.54) is 5.56 Å². The molecule has 2 nitrogen and oxygen atoms in total. The van der Waals surface area contributed by atoms with Crippen LogP contribution in [-0.4, -0.2) is 11.1 Å². The molecule has 1 fully saturated rings. The smallest absolute Gasteiger partial charge is 0.309 e. The number of aliphatic carboxylic acids is 1. The molecule has 1 N–H and O–H groups in total. The molecule has 1 aromatic carbocycles. The molecule has 0 saturated heterocycles. The van der Waals surface area contributed by atoms with Crippen LogP contribution in [0.3, 0.4) is 0 Å². The zero-order valence-corrected chi connectivity index (χ0v) is 12.5. The fraction of sp³-hybridized carbons (Fsp3) is 0.611. The van der Waals surface area contributed by atoms with Crippen molar-refractivity contribution >= 4 is 5.97 Å². The van der Waals surface area contributed by atoms with E-state index in [0.29, 0.717) is 5.92 Å². The topological polar surface area (TPSA) is 37.3 Å². The van der Waals surface area contributed by atoms with Crippen molar-refractivity contribution < 1.29 is 9.90 Å². The zero-order chi connectivity index (χ0) is 14.4. The lowest BCUT2D eigenvalue weighted by molar-refractivity contribution is -0.152. The number of rotatable bonds is 6. The van der Waals surface area contributed by atoms with Gasteiger partial charge >= 0.3 is 5.97 Å². The summed E-state index contributed by atoms with van der Waals surface area (Å²) in [6, 6.07) is 10.5. The highest BCUT2D eigenvalue weighted by Gasteiger charge is 2.40. The Labute approximate surface area is 122 Å². The Morgan fingerprint density at radius 1 is 1.20 bits per heavy atom. The number of unbranched alkanes of at least 4 members (excludes halogenated alkanes) is 1. The SMILES string of the molecule is CC1CCC(CCCCc2ccccc2)(C(=O)O)CC1. The number of hydrogen-bond donors (Lipinski definition) is 1. The highest BCUT2D eigenvalue weighted by Crippen LogP contribution is 2.42. The van der Waals surface area contributed by atoms with Gasteiger partial charge in [-0.1, -0.05) is 43.7 Å². The Kier molecular flexibility index (Phi) is 5.22. The van der Waals surface area contributed by atoms with Gasteiger partial charge in [-0.05, 0) is 56.4 Å². The zero-order valence-electron chi connectivity index (χ0n) is 12.5. The fourth-order valence-electron chi connectivity index (χ4n) is 3.32.